The number of alkyl halides is 1. The highest BCUT2D eigenvalue weighted by atomic mass is 32.2. The predicted molar refractivity (Wildman–Crippen MR) is 112 cm³/mol. The predicted octanol–water partition coefficient (Wildman–Crippen LogP) is 3.92. The lowest BCUT2D eigenvalue weighted by molar-refractivity contribution is 0.0924. The molecule has 0 unspecified atom stereocenters. The maximum Gasteiger partial charge on any atom is 0.196 e. The Morgan fingerprint density at radius 2 is 1.93 bits per heavy atom. The molecule has 4 N–H and O–H groups in total. The first kappa shape index (κ1) is 18.2. The fraction of sp³-hybridized carbons (Fsp3) is 0.350. The lowest BCUT2D eigenvalue weighted by atomic mass is 9.91. The van der Waals surface area contributed by atoms with Crippen LogP contribution in [0.1, 0.15) is 18.5 Å². The number of rotatable bonds is 6. The third-order valence-electron chi connectivity index (χ3n) is 5.28. The highest BCUT2D eigenvalue weighted by Gasteiger charge is 2.54. The van der Waals surface area contributed by atoms with Crippen LogP contribution in [0.5, 0.6) is 0 Å². The van der Waals surface area contributed by atoms with Crippen LogP contribution in [0.25, 0.3) is 0 Å². The van der Waals surface area contributed by atoms with Crippen LogP contribution in [-0.2, 0) is 0 Å². The molecule has 7 nitrogen and oxygen atoms in total. The van der Waals surface area contributed by atoms with Crippen LogP contribution < -0.4 is 16.0 Å². The van der Waals surface area contributed by atoms with Crippen molar-refractivity contribution in [3.8, 4) is 0 Å². The van der Waals surface area contributed by atoms with Gasteiger partial charge in [-0.2, -0.15) is 5.10 Å². The second kappa shape index (κ2) is 6.91. The Balaban J connectivity index is 1.41. The van der Waals surface area contributed by atoms with Gasteiger partial charge in [0.05, 0.1) is 13.1 Å². The van der Waals surface area contributed by atoms with E-state index in [4.69, 9.17) is 5.73 Å². The van der Waals surface area contributed by atoms with Crippen molar-refractivity contribution in [2.75, 3.05) is 29.0 Å². The molecule has 9 heteroatoms. The van der Waals surface area contributed by atoms with Crippen LogP contribution in [0.3, 0.4) is 0 Å². The first-order valence-corrected chi connectivity index (χ1v) is 10.4. The van der Waals surface area contributed by atoms with Gasteiger partial charge in [0.25, 0.3) is 0 Å². The summed E-state index contributed by atoms with van der Waals surface area (Å²) in [7, 11) is 0. The molecule has 150 valence electrons. The van der Waals surface area contributed by atoms with E-state index in [1.807, 2.05) is 48.2 Å². The van der Waals surface area contributed by atoms with Crippen molar-refractivity contribution in [3.63, 3.8) is 0 Å². The van der Waals surface area contributed by atoms with E-state index >= 15 is 0 Å². The van der Waals surface area contributed by atoms with E-state index in [1.165, 1.54) is 11.8 Å². The van der Waals surface area contributed by atoms with Gasteiger partial charge >= 0.3 is 0 Å². The van der Waals surface area contributed by atoms with Crippen LogP contribution in [0.4, 0.5) is 27.5 Å². The molecule has 0 amide bonds. The van der Waals surface area contributed by atoms with Gasteiger partial charge in [0.1, 0.15) is 17.3 Å². The van der Waals surface area contributed by atoms with Crippen LogP contribution in [-0.4, -0.2) is 38.9 Å². The maximum atomic E-state index is 14.8. The molecule has 1 saturated heterocycles. The standard InChI is InChI=1S/C20H22FN7S/c1-12-8-17(27-26-12)23-16-9-18(28-10-20(21,11-28)13-2-3-13)25-19(24-16)29-15-6-4-14(22)5-7-15/h4-9,13H,2-3,10-11,22H2,1H3,(H2,23,24,25,26,27). The molecule has 2 fully saturated rings. The molecule has 0 radical (unpaired) electrons. The number of nitrogens with one attached hydrogen (secondary N) is 2. The molecule has 1 aliphatic carbocycles. The van der Waals surface area contributed by atoms with Crippen LogP contribution in [0, 0.1) is 12.8 Å². The number of nitrogens with two attached hydrogens (primary N) is 1. The minimum absolute atomic E-state index is 0.217. The van der Waals surface area contributed by atoms with E-state index in [-0.39, 0.29) is 5.92 Å². The highest BCUT2D eigenvalue weighted by Crippen LogP contribution is 2.48. The minimum Gasteiger partial charge on any atom is -0.399 e. The molecule has 3 aromatic rings. The summed E-state index contributed by atoms with van der Waals surface area (Å²) in [6, 6.07) is 11.3. The Hall–Kier alpha value is -2.81. The molecule has 3 heterocycles. The normalized spacial score (nSPS) is 17.8. The summed E-state index contributed by atoms with van der Waals surface area (Å²) in [5.74, 6) is 2.25. The lowest BCUT2D eigenvalue weighted by Crippen LogP contribution is -2.60. The molecule has 2 aliphatic rings. The van der Waals surface area contributed by atoms with Crippen molar-refractivity contribution >= 4 is 34.9 Å². The van der Waals surface area contributed by atoms with Crippen molar-refractivity contribution in [3.05, 3.63) is 42.1 Å². The summed E-state index contributed by atoms with van der Waals surface area (Å²) in [5.41, 5.74) is 6.37. The van der Waals surface area contributed by atoms with E-state index < -0.39 is 5.67 Å². The summed E-state index contributed by atoms with van der Waals surface area (Å²) < 4.78 is 14.8. The zero-order valence-corrected chi connectivity index (χ0v) is 16.8. The van der Waals surface area contributed by atoms with Crippen molar-refractivity contribution in [2.45, 2.75) is 35.5 Å². The number of anilines is 4. The number of benzene rings is 1. The number of H-pyrrole nitrogens is 1. The van der Waals surface area contributed by atoms with E-state index in [1.54, 1.807) is 0 Å². The molecule has 1 saturated carbocycles. The van der Waals surface area contributed by atoms with Gasteiger partial charge in [-0.3, -0.25) is 5.10 Å². The lowest BCUT2D eigenvalue weighted by Gasteiger charge is -2.45. The first-order chi connectivity index (χ1) is 14.0. The maximum absolute atomic E-state index is 14.8. The second-order valence-electron chi connectivity index (χ2n) is 7.79. The number of aromatic nitrogens is 4. The van der Waals surface area contributed by atoms with Crippen molar-refractivity contribution in [1.82, 2.24) is 20.2 Å². The van der Waals surface area contributed by atoms with Gasteiger partial charge in [-0.15, -0.1) is 0 Å². The molecule has 0 spiro atoms. The topological polar surface area (TPSA) is 95.8 Å². The van der Waals surface area contributed by atoms with E-state index in [2.05, 4.69) is 25.5 Å². The quantitative estimate of drug-likeness (QED) is 0.418. The summed E-state index contributed by atoms with van der Waals surface area (Å²) >= 11 is 1.44. The number of halogens is 1. The molecule has 1 aliphatic heterocycles. The Morgan fingerprint density at radius 1 is 1.17 bits per heavy atom. The molecule has 0 atom stereocenters. The van der Waals surface area contributed by atoms with Crippen LogP contribution in [0.2, 0.25) is 0 Å². The van der Waals surface area contributed by atoms with Crippen molar-refractivity contribution < 1.29 is 4.39 Å². The minimum atomic E-state index is -1.07. The number of nitrogens with zero attached hydrogens (tertiary/aromatic N) is 4. The molecular formula is C20H22FN7S. The number of aryl methyl sites for hydroxylation is 1. The van der Waals surface area contributed by atoms with Crippen LogP contribution in [0.15, 0.2) is 46.5 Å². The summed E-state index contributed by atoms with van der Waals surface area (Å²) in [6.07, 6.45) is 2.00. The molecule has 1 aromatic carbocycles. The molecular weight excluding hydrogens is 389 g/mol. The highest BCUT2D eigenvalue weighted by molar-refractivity contribution is 7.99. The zero-order valence-electron chi connectivity index (χ0n) is 16.0. The summed E-state index contributed by atoms with van der Waals surface area (Å²) in [5, 5.41) is 10.9. The molecule has 0 bridgehead atoms. The fourth-order valence-electron chi connectivity index (χ4n) is 3.55. The Morgan fingerprint density at radius 3 is 2.59 bits per heavy atom. The van der Waals surface area contributed by atoms with Gasteiger partial charge in [0.15, 0.2) is 11.0 Å². The Kier molecular flexibility index (Phi) is 4.34. The average Bonchev–Trinajstić information content (AvgIpc) is 3.44. The fourth-order valence-corrected chi connectivity index (χ4v) is 4.31. The second-order valence-corrected chi connectivity index (χ2v) is 8.83. The average molecular weight is 412 g/mol. The van der Waals surface area contributed by atoms with Gasteiger partial charge in [-0.25, -0.2) is 14.4 Å². The third kappa shape index (κ3) is 3.87. The van der Waals surface area contributed by atoms with Crippen LogP contribution >= 0.6 is 11.8 Å². The monoisotopic (exact) mass is 411 g/mol. The smallest absolute Gasteiger partial charge is 0.196 e. The van der Waals surface area contributed by atoms with E-state index in [0.717, 1.165) is 29.2 Å². The Labute approximate surface area is 172 Å². The van der Waals surface area contributed by atoms with Crippen molar-refractivity contribution in [2.24, 2.45) is 5.92 Å². The number of hydrogen-bond acceptors (Lipinski definition) is 7. The largest absolute Gasteiger partial charge is 0.399 e. The molecule has 29 heavy (non-hydrogen) atoms. The first-order valence-electron chi connectivity index (χ1n) is 9.62. The SMILES string of the molecule is Cc1cc(Nc2cc(N3CC(F)(C4CC4)C3)nc(Sc3ccc(N)cc3)n2)n[nH]1. The number of aromatic amines is 1. The van der Waals surface area contributed by atoms with E-state index in [0.29, 0.717) is 35.6 Å². The van der Waals surface area contributed by atoms with Gasteiger partial charge < -0.3 is 16.0 Å². The van der Waals surface area contributed by atoms with Crippen molar-refractivity contribution in [1.29, 1.82) is 0 Å². The molecule has 5 rings (SSSR count). The third-order valence-corrected chi connectivity index (χ3v) is 6.16. The zero-order chi connectivity index (χ0) is 20.0. The van der Waals surface area contributed by atoms with E-state index in [9.17, 15) is 4.39 Å². The van der Waals surface area contributed by atoms with Gasteiger partial charge in [0.2, 0.25) is 0 Å². The number of nitrogen functional groups attached to an aromatic ring is 1. The summed E-state index contributed by atoms with van der Waals surface area (Å²) in [6.45, 7) is 2.72. The number of hydrogen-bond donors (Lipinski definition) is 3. The van der Waals surface area contributed by atoms with Gasteiger partial charge in [-0.1, -0.05) is 0 Å². The Bertz CT molecular complexity index is 1030. The van der Waals surface area contributed by atoms with Gasteiger partial charge in [0, 0.05) is 28.4 Å². The van der Waals surface area contributed by atoms with Gasteiger partial charge in [-0.05, 0) is 61.7 Å². The molecule has 2 aromatic heterocycles. The summed E-state index contributed by atoms with van der Waals surface area (Å²) in [4.78, 5) is 12.3.